The Bertz CT molecular complexity index is 1240. The first-order chi connectivity index (χ1) is 16.2. The van der Waals surface area contributed by atoms with Gasteiger partial charge in [0.05, 0.1) is 25.6 Å². The first-order valence-electron chi connectivity index (χ1n) is 10.9. The van der Waals surface area contributed by atoms with Gasteiger partial charge in [0.1, 0.15) is 5.75 Å². The van der Waals surface area contributed by atoms with Crippen LogP contribution in [0.2, 0.25) is 0 Å². The number of ether oxygens (including phenoxy) is 1. The second kappa shape index (κ2) is 10.9. The van der Waals surface area contributed by atoms with Crippen LogP contribution in [0, 0.1) is 6.92 Å². The van der Waals surface area contributed by atoms with Crippen molar-refractivity contribution in [2.45, 2.75) is 13.5 Å². The van der Waals surface area contributed by atoms with Crippen LogP contribution in [0.4, 0.5) is 5.69 Å². The van der Waals surface area contributed by atoms with Crippen LogP contribution < -0.4 is 10.2 Å². The molecule has 4 rings (SSSR count). The van der Waals surface area contributed by atoms with Crippen molar-refractivity contribution in [1.82, 2.24) is 0 Å². The minimum Gasteiger partial charge on any atom is -0.495 e. The first kappa shape index (κ1) is 22.0. The van der Waals surface area contributed by atoms with E-state index in [-0.39, 0.29) is 0 Å². The lowest BCUT2D eigenvalue weighted by molar-refractivity contribution is 0.416. The van der Waals surface area contributed by atoms with Crippen molar-refractivity contribution in [1.29, 1.82) is 0 Å². The average Bonchev–Trinajstić information content (AvgIpc) is 2.86. The predicted molar refractivity (Wildman–Crippen MR) is 139 cm³/mol. The number of nitrogens with one attached hydrogen (secondary N) is 1. The Labute approximate surface area is 195 Å². The molecule has 4 heteroatoms. The van der Waals surface area contributed by atoms with Gasteiger partial charge in [0, 0.05) is 6.21 Å². The second-order valence-electron chi connectivity index (χ2n) is 7.71. The van der Waals surface area contributed by atoms with E-state index in [1.165, 1.54) is 16.7 Å². The molecule has 33 heavy (non-hydrogen) atoms. The molecular formula is C29H27N3O. The molecule has 0 aromatic heterocycles. The third-order valence-electron chi connectivity index (χ3n) is 5.42. The third-order valence-corrected chi connectivity index (χ3v) is 5.42. The number of benzene rings is 4. The number of hydrazone groups is 1. The van der Waals surface area contributed by atoms with Crippen molar-refractivity contribution < 1.29 is 4.74 Å². The smallest absolute Gasteiger partial charge is 0.143 e. The number of methoxy groups -OCH3 is 1. The van der Waals surface area contributed by atoms with Crippen LogP contribution in [0.15, 0.2) is 107 Å². The van der Waals surface area contributed by atoms with Gasteiger partial charge in [0.25, 0.3) is 0 Å². The van der Waals surface area contributed by atoms with E-state index in [0.29, 0.717) is 6.54 Å². The number of para-hydroxylation sites is 2. The molecule has 0 atom stereocenters. The molecule has 0 aliphatic heterocycles. The Kier molecular flexibility index (Phi) is 7.29. The summed E-state index contributed by atoms with van der Waals surface area (Å²) in [6.45, 7) is 2.82. The molecule has 0 spiro atoms. The van der Waals surface area contributed by atoms with E-state index in [4.69, 9.17) is 4.74 Å². The maximum absolute atomic E-state index is 5.32. The van der Waals surface area contributed by atoms with Crippen LogP contribution in [0.3, 0.4) is 0 Å². The van der Waals surface area contributed by atoms with Gasteiger partial charge in [-0.25, -0.2) is 0 Å². The van der Waals surface area contributed by atoms with Crippen LogP contribution in [0.1, 0.15) is 22.3 Å². The highest BCUT2D eigenvalue weighted by atomic mass is 16.5. The standard InChI is InChI=1S/C29H27N3O/c1-22-7-3-4-8-27(22)21-30-19-23-11-15-25(16-12-23)26-17-13-24(14-18-26)20-31-32-28-9-5-6-10-29(28)33-2/h3-20,32H,21H2,1-2H3/b30-19?,31-20+. The number of aryl methyl sites for hydroxylation is 1. The van der Waals surface area contributed by atoms with Gasteiger partial charge >= 0.3 is 0 Å². The molecule has 0 aliphatic carbocycles. The van der Waals surface area contributed by atoms with E-state index in [0.717, 1.165) is 28.1 Å². The van der Waals surface area contributed by atoms with Crippen molar-refractivity contribution >= 4 is 18.1 Å². The molecule has 4 aromatic rings. The minimum atomic E-state index is 0.698. The summed E-state index contributed by atoms with van der Waals surface area (Å²) in [4.78, 5) is 4.59. The summed E-state index contributed by atoms with van der Waals surface area (Å²) in [5, 5.41) is 4.32. The Morgan fingerprint density at radius 1 is 0.727 bits per heavy atom. The van der Waals surface area contributed by atoms with Gasteiger partial charge in [-0.15, -0.1) is 0 Å². The van der Waals surface area contributed by atoms with Crippen LogP contribution in [-0.4, -0.2) is 19.5 Å². The summed E-state index contributed by atoms with van der Waals surface area (Å²) in [6, 6.07) is 32.8. The van der Waals surface area contributed by atoms with Gasteiger partial charge in [-0.2, -0.15) is 5.10 Å². The van der Waals surface area contributed by atoms with Crippen LogP contribution in [-0.2, 0) is 6.54 Å². The van der Waals surface area contributed by atoms with Crippen LogP contribution in [0.5, 0.6) is 5.75 Å². The fraction of sp³-hybridized carbons (Fsp3) is 0.103. The molecule has 1 N–H and O–H groups in total. The first-order valence-corrected chi connectivity index (χ1v) is 10.9. The summed E-state index contributed by atoms with van der Waals surface area (Å²) in [7, 11) is 1.65. The van der Waals surface area contributed by atoms with Crippen molar-refractivity contribution in [3.8, 4) is 16.9 Å². The van der Waals surface area contributed by atoms with Gasteiger partial charge in [-0.05, 0) is 52.4 Å². The fourth-order valence-corrected chi connectivity index (χ4v) is 3.47. The van der Waals surface area contributed by atoms with Gasteiger partial charge in [-0.3, -0.25) is 10.4 Å². The summed E-state index contributed by atoms with van der Waals surface area (Å²) in [5.74, 6) is 0.758. The highest BCUT2D eigenvalue weighted by Crippen LogP contribution is 2.23. The molecule has 0 radical (unpaired) electrons. The van der Waals surface area contributed by atoms with Gasteiger partial charge in [0.15, 0.2) is 0 Å². The molecular weight excluding hydrogens is 406 g/mol. The lowest BCUT2D eigenvalue weighted by atomic mass is 10.0. The summed E-state index contributed by atoms with van der Waals surface area (Å²) in [5.41, 5.74) is 10.8. The maximum Gasteiger partial charge on any atom is 0.143 e. The fourth-order valence-electron chi connectivity index (χ4n) is 3.47. The maximum atomic E-state index is 5.32. The molecule has 0 unspecified atom stereocenters. The van der Waals surface area contributed by atoms with E-state index < -0.39 is 0 Å². The van der Waals surface area contributed by atoms with Crippen molar-refractivity contribution in [2.75, 3.05) is 12.5 Å². The second-order valence-corrected chi connectivity index (χ2v) is 7.71. The highest BCUT2D eigenvalue weighted by Gasteiger charge is 2.00. The Hall–Kier alpha value is -4.18. The lowest BCUT2D eigenvalue weighted by Gasteiger charge is -2.06. The molecule has 164 valence electrons. The topological polar surface area (TPSA) is 46.0 Å². The Morgan fingerprint density at radius 3 is 2.00 bits per heavy atom. The summed E-state index contributed by atoms with van der Waals surface area (Å²) >= 11 is 0. The molecule has 0 bridgehead atoms. The van der Waals surface area contributed by atoms with Gasteiger partial charge in [-0.1, -0.05) is 84.9 Å². The largest absolute Gasteiger partial charge is 0.495 e. The number of rotatable bonds is 8. The summed E-state index contributed by atoms with van der Waals surface area (Å²) in [6.07, 6.45) is 3.73. The number of nitrogens with zero attached hydrogens (tertiary/aromatic N) is 2. The molecule has 0 saturated carbocycles. The molecule has 4 aromatic carbocycles. The van der Waals surface area contributed by atoms with E-state index in [1.54, 1.807) is 13.3 Å². The number of anilines is 1. The average molecular weight is 434 g/mol. The zero-order valence-corrected chi connectivity index (χ0v) is 18.9. The van der Waals surface area contributed by atoms with Crippen molar-refractivity contribution in [3.05, 3.63) is 119 Å². The highest BCUT2D eigenvalue weighted by molar-refractivity contribution is 5.83. The van der Waals surface area contributed by atoms with Gasteiger partial charge in [0.2, 0.25) is 0 Å². The third kappa shape index (κ3) is 5.95. The monoisotopic (exact) mass is 433 g/mol. The SMILES string of the molecule is COc1ccccc1N/N=C/c1ccc(-c2ccc(C=NCc3ccccc3C)cc2)cc1. The van der Waals surface area contributed by atoms with E-state index >= 15 is 0 Å². The quantitative estimate of drug-likeness (QED) is 0.247. The number of aliphatic imine (C=N–C) groups is 1. The molecule has 0 aliphatic rings. The van der Waals surface area contributed by atoms with Crippen molar-refractivity contribution in [2.24, 2.45) is 10.1 Å². The molecule has 4 nitrogen and oxygen atoms in total. The molecule has 0 amide bonds. The predicted octanol–water partition coefficient (Wildman–Crippen LogP) is 6.74. The van der Waals surface area contributed by atoms with E-state index in [2.05, 4.69) is 95.2 Å². The van der Waals surface area contributed by atoms with Crippen LogP contribution >= 0.6 is 0 Å². The Morgan fingerprint density at radius 2 is 1.33 bits per heavy atom. The van der Waals surface area contributed by atoms with E-state index in [1.807, 2.05) is 30.5 Å². The molecule has 0 heterocycles. The normalized spacial score (nSPS) is 11.2. The minimum absolute atomic E-state index is 0.698. The molecule has 0 fully saturated rings. The number of hydrogen-bond donors (Lipinski definition) is 1. The van der Waals surface area contributed by atoms with Crippen LogP contribution in [0.25, 0.3) is 11.1 Å². The zero-order chi connectivity index (χ0) is 22.9. The van der Waals surface area contributed by atoms with Gasteiger partial charge < -0.3 is 4.74 Å². The van der Waals surface area contributed by atoms with Crippen molar-refractivity contribution in [3.63, 3.8) is 0 Å². The molecule has 0 saturated heterocycles. The lowest BCUT2D eigenvalue weighted by Crippen LogP contribution is -1.94. The Balaban J connectivity index is 1.35. The zero-order valence-electron chi connectivity index (χ0n) is 18.9. The number of hydrogen-bond acceptors (Lipinski definition) is 4. The summed E-state index contributed by atoms with van der Waals surface area (Å²) < 4.78 is 5.32. The van der Waals surface area contributed by atoms with E-state index in [9.17, 15) is 0 Å².